The molecule has 3 rings (SSSR count). The van der Waals surface area contributed by atoms with Crippen molar-refractivity contribution in [3.8, 4) is 0 Å². The summed E-state index contributed by atoms with van der Waals surface area (Å²) in [7, 11) is 0. The van der Waals surface area contributed by atoms with Gasteiger partial charge in [-0.05, 0) is 66.5 Å². The van der Waals surface area contributed by atoms with Crippen molar-refractivity contribution in [2.75, 3.05) is 0 Å². The van der Waals surface area contributed by atoms with Crippen LogP contribution in [0.4, 0.5) is 13.2 Å². The van der Waals surface area contributed by atoms with Crippen molar-refractivity contribution in [1.29, 1.82) is 0 Å². The van der Waals surface area contributed by atoms with Crippen LogP contribution in [0.3, 0.4) is 0 Å². The first-order valence-corrected chi connectivity index (χ1v) is 11.5. The van der Waals surface area contributed by atoms with Gasteiger partial charge in [0.25, 0.3) is 0 Å². The molecule has 0 atom stereocenters. The summed E-state index contributed by atoms with van der Waals surface area (Å²) >= 11 is 0. The van der Waals surface area contributed by atoms with E-state index < -0.39 is 11.7 Å². The lowest BCUT2D eigenvalue weighted by molar-refractivity contribution is -0.137. The van der Waals surface area contributed by atoms with Crippen LogP contribution in [0.1, 0.15) is 102 Å². The number of hydrogen-bond acceptors (Lipinski definition) is 0. The monoisotopic (exact) mass is 394 g/mol. The van der Waals surface area contributed by atoms with Crippen molar-refractivity contribution in [3.05, 3.63) is 35.4 Å². The number of rotatable bonds is 6. The first-order valence-electron chi connectivity index (χ1n) is 11.5. The zero-order valence-electron chi connectivity index (χ0n) is 17.7. The van der Waals surface area contributed by atoms with E-state index in [1.807, 2.05) is 0 Å². The number of halogens is 3. The van der Waals surface area contributed by atoms with E-state index in [0.29, 0.717) is 5.92 Å². The second-order valence-corrected chi connectivity index (χ2v) is 9.83. The third-order valence-corrected chi connectivity index (χ3v) is 7.55. The van der Waals surface area contributed by atoms with Crippen LogP contribution in [0.15, 0.2) is 24.3 Å². The average Bonchev–Trinajstić information content (AvgIpc) is 2.68. The molecule has 2 fully saturated rings. The van der Waals surface area contributed by atoms with E-state index in [2.05, 4.69) is 13.8 Å². The molecule has 1 aromatic rings. The number of benzene rings is 1. The molecule has 0 N–H and O–H groups in total. The highest BCUT2D eigenvalue weighted by atomic mass is 19.4. The van der Waals surface area contributed by atoms with Gasteiger partial charge in [0.2, 0.25) is 0 Å². The molecular formula is C25H37F3. The molecule has 0 aromatic heterocycles. The van der Waals surface area contributed by atoms with E-state index in [1.54, 1.807) is 12.1 Å². The van der Waals surface area contributed by atoms with Gasteiger partial charge in [-0.15, -0.1) is 0 Å². The van der Waals surface area contributed by atoms with Gasteiger partial charge in [-0.2, -0.15) is 13.2 Å². The Bertz CT molecular complexity index is 585. The Hall–Kier alpha value is -0.990. The Kier molecular flexibility index (Phi) is 7.15. The smallest absolute Gasteiger partial charge is 0.166 e. The first kappa shape index (κ1) is 21.7. The van der Waals surface area contributed by atoms with Crippen LogP contribution < -0.4 is 0 Å². The summed E-state index contributed by atoms with van der Waals surface area (Å²) in [6.45, 7) is 4.60. The van der Waals surface area contributed by atoms with E-state index >= 15 is 0 Å². The summed E-state index contributed by atoms with van der Waals surface area (Å²) in [5.41, 5.74) is 0.769. The van der Waals surface area contributed by atoms with Gasteiger partial charge in [0.15, 0.2) is 0 Å². The van der Waals surface area contributed by atoms with Gasteiger partial charge < -0.3 is 0 Å². The van der Waals surface area contributed by atoms with Crippen molar-refractivity contribution in [2.45, 2.75) is 102 Å². The Morgan fingerprint density at radius 2 is 1.54 bits per heavy atom. The third kappa shape index (κ3) is 5.13. The van der Waals surface area contributed by atoms with Gasteiger partial charge in [0.1, 0.15) is 0 Å². The van der Waals surface area contributed by atoms with Crippen LogP contribution >= 0.6 is 0 Å². The van der Waals surface area contributed by atoms with Crippen molar-refractivity contribution in [3.63, 3.8) is 0 Å². The standard InChI is InChI=1S/C25H37F3/c1-19(2)7-6-8-20-9-11-21(12-10-20)24(17-4-3-5-18-24)22-13-15-23(16-14-22)25(26,27)28/h13-16,19-21H,3-12,17-18H2,1-2H3. The molecule has 2 aliphatic rings. The van der Waals surface area contributed by atoms with Gasteiger partial charge in [-0.3, -0.25) is 0 Å². The summed E-state index contributed by atoms with van der Waals surface area (Å²) < 4.78 is 39.0. The molecule has 3 heteroatoms. The van der Waals surface area contributed by atoms with Gasteiger partial charge in [-0.25, -0.2) is 0 Å². The first-order chi connectivity index (χ1) is 13.3. The molecule has 0 amide bonds. The van der Waals surface area contributed by atoms with E-state index in [9.17, 15) is 13.2 Å². The molecule has 0 heterocycles. The molecule has 0 radical (unpaired) electrons. The maximum Gasteiger partial charge on any atom is 0.416 e. The van der Waals surface area contributed by atoms with Gasteiger partial charge in [-0.1, -0.05) is 77.3 Å². The van der Waals surface area contributed by atoms with Gasteiger partial charge >= 0.3 is 6.18 Å². The summed E-state index contributed by atoms with van der Waals surface area (Å²) in [6.07, 6.45) is 10.9. The van der Waals surface area contributed by atoms with E-state index in [1.165, 1.54) is 81.9 Å². The molecular weight excluding hydrogens is 357 g/mol. The van der Waals surface area contributed by atoms with Crippen LogP contribution in [0, 0.1) is 17.8 Å². The Morgan fingerprint density at radius 1 is 0.929 bits per heavy atom. The summed E-state index contributed by atoms with van der Waals surface area (Å²) in [4.78, 5) is 0. The fourth-order valence-corrected chi connectivity index (χ4v) is 5.92. The van der Waals surface area contributed by atoms with Gasteiger partial charge in [0.05, 0.1) is 5.56 Å². The number of alkyl halides is 3. The third-order valence-electron chi connectivity index (χ3n) is 7.55. The van der Waals surface area contributed by atoms with Crippen molar-refractivity contribution < 1.29 is 13.2 Å². The Labute approximate surface area is 169 Å². The minimum absolute atomic E-state index is 0.116. The molecule has 158 valence electrons. The lowest BCUT2D eigenvalue weighted by atomic mass is 9.57. The molecule has 2 saturated carbocycles. The largest absolute Gasteiger partial charge is 0.416 e. The normalized spacial score (nSPS) is 25.8. The maximum absolute atomic E-state index is 13.0. The molecule has 0 bridgehead atoms. The molecule has 2 aliphatic carbocycles. The van der Waals surface area contributed by atoms with E-state index in [-0.39, 0.29) is 5.41 Å². The molecule has 1 aromatic carbocycles. The molecule has 0 nitrogen and oxygen atoms in total. The molecule has 0 spiro atoms. The quantitative estimate of drug-likeness (QED) is 0.453. The molecule has 28 heavy (non-hydrogen) atoms. The molecule has 0 saturated heterocycles. The highest BCUT2D eigenvalue weighted by molar-refractivity contribution is 5.32. The topological polar surface area (TPSA) is 0 Å². The minimum Gasteiger partial charge on any atom is -0.166 e. The Morgan fingerprint density at radius 3 is 2.07 bits per heavy atom. The predicted octanol–water partition coefficient (Wildman–Crippen LogP) is 8.54. The Balaban J connectivity index is 1.69. The van der Waals surface area contributed by atoms with Gasteiger partial charge in [0, 0.05) is 0 Å². The molecule has 0 aliphatic heterocycles. The fourth-order valence-electron chi connectivity index (χ4n) is 5.92. The number of hydrogen-bond donors (Lipinski definition) is 0. The minimum atomic E-state index is -4.24. The lowest BCUT2D eigenvalue weighted by Crippen LogP contribution is -2.39. The predicted molar refractivity (Wildman–Crippen MR) is 110 cm³/mol. The van der Waals surface area contributed by atoms with Crippen molar-refractivity contribution >= 4 is 0 Å². The summed E-state index contributed by atoms with van der Waals surface area (Å²) in [5.74, 6) is 2.30. The van der Waals surface area contributed by atoms with Crippen LogP contribution in [0.5, 0.6) is 0 Å². The summed E-state index contributed by atoms with van der Waals surface area (Å²) in [6, 6.07) is 6.21. The van der Waals surface area contributed by atoms with Crippen molar-refractivity contribution in [2.24, 2.45) is 17.8 Å². The second-order valence-electron chi connectivity index (χ2n) is 9.83. The zero-order valence-corrected chi connectivity index (χ0v) is 17.7. The maximum atomic E-state index is 13.0. The zero-order chi connectivity index (χ0) is 20.2. The van der Waals surface area contributed by atoms with E-state index in [4.69, 9.17) is 0 Å². The van der Waals surface area contributed by atoms with Crippen LogP contribution in [-0.4, -0.2) is 0 Å². The van der Waals surface area contributed by atoms with Crippen LogP contribution in [0.2, 0.25) is 0 Å². The van der Waals surface area contributed by atoms with E-state index in [0.717, 1.165) is 24.7 Å². The highest BCUT2D eigenvalue weighted by Crippen LogP contribution is 2.51. The second kappa shape index (κ2) is 9.22. The van der Waals surface area contributed by atoms with Crippen LogP contribution in [-0.2, 0) is 11.6 Å². The molecule has 0 unspecified atom stereocenters. The lowest BCUT2D eigenvalue weighted by Gasteiger charge is -2.47. The van der Waals surface area contributed by atoms with Crippen molar-refractivity contribution in [1.82, 2.24) is 0 Å². The summed E-state index contributed by atoms with van der Waals surface area (Å²) in [5, 5.41) is 0. The van der Waals surface area contributed by atoms with Crippen LogP contribution in [0.25, 0.3) is 0 Å². The average molecular weight is 395 g/mol. The fraction of sp³-hybridized carbons (Fsp3) is 0.760. The SMILES string of the molecule is CC(C)CCCC1CCC(C2(c3ccc(C(F)(F)F)cc3)CCCCC2)CC1. The highest BCUT2D eigenvalue weighted by Gasteiger charge is 2.42.